The van der Waals surface area contributed by atoms with Crippen molar-refractivity contribution in [1.29, 1.82) is 0 Å². The number of anilines is 2. The summed E-state index contributed by atoms with van der Waals surface area (Å²) in [6.45, 7) is 1.36. The normalized spacial score (nSPS) is 12.5. The average Bonchev–Trinajstić information content (AvgIpc) is 3.18. The molecule has 28 heavy (non-hydrogen) atoms. The third kappa shape index (κ3) is 3.81. The number of benzene rings is 2. The molecule has 0 bridgehead atoms. The quantitative estimate of drug-likeness (QED) is 0.717. The van der Waals surface area contributed by atoms with Crippen molar-refractivity contribution in [3.8, 4) is 5.75 Å². The SMILES string of the molecule is COc1ccc(CCNc2nccc(C(=O)N3CCc4ccccc43)n2)cc1. The Morgan fingerprint density at radius 3 is 2.79 bits per heavy atom. The van der Waals surface area contributed by atoms with E-state index in [1.54, 1.807) is 24.3 Å². The van der Waals surface area contributed by atoms with Crippen molar-refractivity contribution in [3.63, 3.8) is 0 Å². The molecule has 2 heterocycles. The zero-order valence-corrected chi connectivity index (χ0v) is 15.8. The average molecular weight is 374 g/mol. The second-order valence-electron chi connectivity index (χ2n) is 6.63. The van der Waals surface area contributed by atoms with Crippen molar-refractivity contribution in [3.05, 3.63) is 77.6 Å². The highest BCUT2D eigenvalue weighted by molar-refractivity contribution is 6.06. The number of carbonyl (C=O) groups excluding carboxylic acids is 1. The van der Waals surface area contributed by atoms with Gasteiger partial charge < -0.3 is 15.0 Å². The fourth-order valence-corrected chi connectivity index (χ4v) is 3.36. The lowest BCUT2D eigenvalue weighted by molar-refractivity contribution is 0.0984. The number of ether oxygens (including phenoxy) is 1. The van der Waals surface area contributed by atoms with Gasteiger partial charge in [0.25, 0.3) is 5.91 Å². The standard InChI is InChI=1S/C22H22N4O2/c1-28-18-8-6-16(7-9-18)10-13-23-22-24-14-11-19(25-22)21(27)26-15-12-17-4-2-3-5-20(17)26/h2-9,11,14H,10,12-13,15H2,1H3,(H,23,24,25). The van der Waals surface area contributed by atoms with E-state index in [1.165, 1.54) is 11.1 Å². The number of hydrogen-bond acceptors (Lipinski definition) is 5. The lowest BCUT2D eigenvalue weighted by Gasteiger charge is -2.17. The number of carbonyl (C=O) groups is 1. The Bertz CT molecular complexity index is 972. The van der Waals surface area contributed by atoms with Crippen LogP contribution < -0.4 is 15.0 Å². The molecule has 142 valence electrons. The Balaban J connectivity index is 1.39. The minimum atomic E-state index is -0.0921. The summed E-state index contributed by atoms with van der Waals surface area (Å²) in [4.78, 5) is 23.4. The van der Waals surface area contributed by atoms with Crippen LogP contribution in [-0.2, 0) is 12.8 Å². The van der Waals surface area contributed by atoms with Gasteiger partial charge in [-0.05, 0) is 48.2 Å². The lowest BCUT2D eigenvalue weighted by atomic mass is 10.1. The van der Waals surface area contributed by atoms with Crippen molar-refractivity contribution in [2.45, 2.75) is 12.8 Å². The van der Waals surface area contributed by atoms with E-state index in [0.717, 1.165) is 24.3 Å². The van der Waals surface area contributed by atoms with Crippen LogP contribution in [0, 0.1) is 0 Å². The van der Waals surface area contributed by atoms with Gasteiger partial charge in [-0.3, -0.25) is 4.79 Å². The van der Waals surface area contributed by atoms with Crippen molar-refractivity contribution in [1.82, 2.24) is 9.97 Å². The van der Waals surface area contributed by atoms with Crippen LogP contribution in [0.4, 0.5) is 11.6 Å². The van der Waals surface area contributed by atoms with E-state index in [1.807, 2.05) is 42.5 Å². The first kappa shape index (κ1) is 18.0. The monoisotopic (exact) mass is 374 g/mol. The van der Waals surface area contributed by atoms with E-state index in [4.69, 9.17) is 4.74 Å². The third-order valence-electron chi connectivity index (χ3n) is 4.86. The minimum Gasteiger partial charge on any atom is -0.497 e. The fraction of sp³-hybridized carbons (Fsp3) is 0.227. The van der Waals surface area contributed by atoms with E-state index >= 15 is 0 Å². The molecule has 1 aromatic heterocycles. The maximum Gasteiger partial charge on any atom is 0.277 e. The van der Waals surface area contributed by atoms with Crippen molar-refractivity contribution in [2.24, 2.45) is 0 Å². The smallest absolute Gasteiger partial charge is 0.277 e. The fourth-order valence-electron chi connectivity index (χ4n) is 3.36. The Morgan fingerprint density at radius 2 is 1.96 bits per heavy atom. The van der Waals surface area contributed by atoms with Crippen LogP contribution in [0.5, 0.6) is 5.75 Å². The molecule has 6 nitrogen and oxygen atoms in total. The first-order valence-electron chi connectivity index (χ1n) is 9.34. The summed E-state index contributed by atoms with van der Waals surface area (Å²) in [5.41, 5.74) is 3.76. The maximum atomic E-state index is 12.9. The number of aromatic nitrogens is 2. The highest BCUT2D eigenvalue weighted by atomic mass is 16.5. The van der Waals surface area contributed by atoms with Gasteiger partial charge >= 0.3 is 0 Å². The highest BCUT2D eigenvalue weighted by Crippen LogP contribution is 2.28. The van der Waals surface area contributed by atoms with Gasteiger partial charge in [-0.2, -0.15) is 0 Å². The van der Waals surface area contributed by atoms with Gasteiger partial charge in [0.05, 0.1) is 7.11 Å². The Labute approximate surface area is 164 Å². The number of nitrogens with one attached hydrogen (secondary N) is 1. The van der Waals surface area contributed by atoms with Crippen molar-refractivity contribution in [2.75, 3.05) is 30.4 Å². The summed E-state index contributed by atoms with van der Waals surface area (Å²) in [7, 11) is 1.66. The molecule has 1 amide bonds. The van der Waals surface area contributed by atoms with Crippen LogP contribution in [-0.4, -0.2) is 36.1 Å². The molecule has 0 saturated heterocycles. The molecular weight excluding hydrogens is 352 g/mol. The summed E-state index contributed by atoms with van der Waals surface area (Å²) >= 11 is 0. The maximum absolute atomic E-state index is 12.9. The number of rotatable bonds is 6. The number of methoxy groups -OCH3 is 1. The van der Waals surface area contributed by atoms with Crippen LogP contribution in [0.1, 0.15) is 21.6 Å². The molecule has 0 aliphatic carbocycles. The summed E-state index contributed by atoms with van der Waals surface area (Å²) in [5, 5.41) is 3.20. The highest BCUT2D eigenvalue weighted by Gasteiger charge is 2.26. The minimum absolute atomic E-state index is 0.0921. The molecule has 0 radical (unpaired) electrons. The van der Waals surface area contributed by atoms with Crippen LogP contribution in [0.25, 0.3) is 0 Å². The number of nitrogens with zero attached hydrogens (tertiary/aromatic N) is 3. The summed E-state index contributed by atoms with van der Waals surface area (Å²) in [6, 6.07) is 17.6. The molecule has 0 unspecified atom stereocenters. The second kappa shape index (κ2) is 8.08. The lowest BCUT2D eigenvalue weighted by Crippen LogP contribution is -2.29. The van der Waals surface area contributed by atoms with E-state index in [9.17, 15) is 4.79 Å². The molecule has 0 atom stereocenters. The summed E-state index contributed by atoms with van der Waals surface area (Å²) in [5.74, 6) is 1.21. The second-order valence-corrected chi connectivity index (χ2v) is 6.63. The van der Waals surface area contributed by atoms with Crippen LogP contribution in [0.2, 0.25) is 0 Å². The molecular formula is C22H22N4O2. The first-order chi connectivity index (χ1) is 13.7. The van der Waals surface area contributed by atoms with Gasteiger partial charge in [-0.15, -0.1) is 0 Å². The number of para-hydroxylation sites is 1. The molecule has 6 heteroatoms. The zero-order chi connectivity index (χ0) is 19.3. The number of fused-ring (bicyclic) bond motifs is 1. The van der Waals surface area contributed by atoms with Crippen LogP contribution in [0.15, 0.2) is 60.8 Å². The van der Waals surface area contributed by atoms with Gasteiger partial charge in [-0.25, -0.2) is 9.97 Å². The van der Waals surface area contributed by atoms with Crippen molar-refractivity contribution < 1.29 is 9.53 Å². The van der Waals surface area contributed by atoms with Gasteiger partial charge in [-0.1, -0.05) is 30.3 Å². The Hall–Kier alpha value is -3.41. The summed E-state index contributed by atoms with van der Waals surface area (Å²) in [6.07, 6.45) is 3.32. The van der Waals surface area contributed by atoms with Gasteiger partial charge in [0.15, 0.2) is 0 Å². The predicted octanol–water partition coefficient (Wildman–Crippen LogP) is 3.34. The van der Waals surface area contributed by atoms with E-state index in [0.29, 0.717) is 24.7 Å². The predicted molar refractivity (Wildman–Crippen MR) is 109 cm³/mol. The molecule has 0 saturated carbocycles. The van der Waals surface area contributed by atoms with E-state index < -0.39 is 0 Å². The molecule has 3 aromatic rings. The number of amides is 1. The van der Waals surface area contributed by atoms with Crippen molar-refractivity contribution >= 4 is 17.5 Å². The topological polar surface area (TPSA) is 67.3 Å². The molecule has 1 N–H and O–H groups in total. The summed E-state index contributed by atoms with van der Waals surface area (Å²) < 4.78 is 5.17. The van der Waals surface area contributed by atoms with Gasteiger partial charge in [0.2, 0.25) is 5.95 Å². The first-order valence-corrected chi connectivity index (χ1v) is 9.34. The van der Waals surface area contributed by atoms with Crippen LogP contribution in [0.3, 0.4) is 0 Å². The zero-order valence-electron chi connectivity index (χ0n) is 15.8. The molecule has 4 rings (SSSR count). The van der Waals surface area contributed by atoms with E-state index in [2.05, 4.69) is 21.4 Å². The molecule has 0 spiro atoms. The molecule has 1 aliphatic rings. The van der Waals surface area contributed by atoms with Gasteiger partial charge in [0, 0.05) is 25.0 Å². The molecule has 0 fully saturated rings. The number of hydrogen-bond donors (Lipinski definition) is 1. The van der Waals surface area contributed by atoms with E-state index in [-0.39, 0.29) is 5.91 Å². The molecule has 2 aromatic carbocycles. The Kier molecular flexibility index (Phi) is 5.19. The Morgan fingerprint density at radius 1 is 1.14 bits per heavy atom. The third-order valence-corrected chi connectivity index (χ3v) is 4.86. The van der Waals surface area contributed by atoms with Crippen LogP contribution >= 0.6 is 0 Å². The molecule has 1 aliphatic heterocycles. The van der Waals surface area contributed by atoms with Gasteiger partial charge in [0.1, 0.15) is 11.4 Å². The largest absolute Gasteiger partial charge is 0.497 e.